The molecule has 1 saturated heterocycles. The monoisotopic (exact) mass is 283 g/mol. The second kappa shape index (κ2) is 5.32. The van der Waals surface area contributed by atoms with Gasteiger partial charge >= 0.3 is 0 Å². The molecule has 3 atom stereocenters. The lowest BCUT2D eigenvalue weighted by Crippen LogP contribution is -2.51. The van der Waals surface area contributed by atoms with Crippen molar-refractivity contribution in [3.05, 3.63) is 21.3 Å². The highest BCUT2D eigenvalue weighted by atomic mass is 35.5. The SMILES string of the molecule is O=C(c1ccc(Cl)s1)C1CCC2CCCCC2N1. The Morgan fingerprint density at radius 1 is 1.22 bits per heavy atom. The molecule has 0 bridgehead atoms. The van der Waals surface area contributed by atoms with Gasteiger partial charge in [-0.15, -0.1) is 11.3 Å². The molecule has 1 saturated carbocycles. The average molecular weight is 284 g/mol. The van der Waals surface area contributed by atoms with E-state index in [2.05, 4.69) is 5.32 Å². The van der Waals surface area contributed by atoms with Crippen molar-refractivity contribution in [1.82, 2.24) is 5.32 Å². The number of nitrogens with one attached hydrogen (secondary N) is 1. The van der Waals surface area contributed by atoms with Crippen molar-refractivity contribution in [1.29, 1.82) is 0 Å². The van der Waals surface area contributed by atoms with Gasteiger partial charge in [0.25, 0.3) is 0 Å². The van der Waals surface area contributed by atoms with Gasteiger partial charge in [-0.05, 0) is 43.7 Å². The zero-order chi connectivity index (χ0) is 12.5. The molecule has 3 rings (SSSR count). The summed E-state index contributed by atoms with van der Waals surface area (Å²) in [6.07, 6.45) is 7.42. The van der Waals surface area contributed by atoms with E-state index in [1.807, 2.05) is 12.1 Å². The van der Waals surface area contributed by atoms with Crippen LogP contribution in [0.5, 0.6) is 0 Å². The Morgan fingerprint density at radius 3 is 2.83 bits per heavy atom. The van der Waals surface area contributed by atoms with Gasteiger partial charge in [0.15, 0.2) is 5.78 Å². The van der Waals surface area contributed by atoms with Crippen LogP contribution in [0.3, 0.4) is 0 Å². The first-order chi connectivity index (χ1) is 8.74. The Morgan fingerprint density at radius 2 is 2.06 bits per heavy atom. The molecule has 18 heavy (non-hydrogen) atoms. The predicted molar refractivity (Wildman–Crippen MR) is 75.6 cm³/mol. The number of Topliss-reactive ketones (excluding diaryl/α,β-unsaturated/α-hetero) is 1. The lowest BCUT2D eigenvalue weighted by Gasteiger charge is -2.39. The smallest absolute Gasteiger partial charge is 0.189 e. The maximum Gasteiger partial charge on any atom is 0.189 e. The lowest BCUT2D eigenvalue weighted by atomic mass is 9.77. The summed E-state index contributed by atoms with van der Waals surface area (Å²) in [4.78, 5) is 13.2. The van der Waals surface area contributed by atoms with Gasteiger partial charge in [-0.1, -0.05) is 24.4 Å². The van der Waals surface area contributed by atoms with Crippen LogP contribution in [0.1, 0.15) is 48.2 Å². The highest BCUT2D eigenvalue weighted by Gasteiger charge is 2.34. The van der Waals surface area contributed by atoms with Crippen LogP contribution in [0.2, 0.25) is 4.34 Å². The molecule has 3 unspecified atom stereocenters. The van der Waals surface area contributed by atoms with Gasteiger partial charge in [0, 0.05) is 6.04 Å². The zero-order valence-corrected chi connectivity index (χ0v) is 11.9. The highest BCUT2D eigenvalue weighted by molar-refractivity contribution is 7.18. The molecule has 1 aromatic heterocycles. The second-order valence-corrected chi connectivity index (χ2v) is 7.13. The highest BCUT2D eigenvalue weighted by Crippen LogP contribution is 2.33. The maximum atomic E-state index is 12.4. The first-order valence-corrected chi connectivity index (χ1v) is 7.99. The fraction of sp³-hybridized carbons (Fsp3) is 0.643. The third kappa shape index (κ3) is 2.49. The minimum atomic E-state index is 0.0130. The van der Waals surface area contributed by atoms with Crippen molar-refractivity contribution in [2.75, 3.05) is 0 Å². The van der Waals surface area contributed by atoms with E-state index in [-0.39, 0.29) is 11.8 Å². The van der Waals surface area contributed by atoms with Gasteiger partial charge in [-0.2, -0.15) is 0 Å². The summed E-state index contributed by atoms with van der Waals surface area (Å²) in [5.41, 5.74) is 0. The fourth-order valence-corrected chi connectivity index (χ4v) is 4.36. The number of ketones is 1. The van der Waals surface area contributed by atoms with Crippen molar-refractivity contribution < 1.29 is 4.79 Å². The molecule has 0 radical (unpaired) electrons. The number of carbonyl (C=O) groups excluding carboxylic acids is 1. The fourth-order valence-electron chi connectivity index (χ4n) is 3.32. The van der Waals surface area contributed by atoms with Crippen LogP contribution in [-0.4, -0.2) is 17.9 Å². The minimum absolute atomic E-state index is 0.0130. The molecule has 2 heterocycles. The van der Waals surface area contributed by atoms with E-state index >= 15 is 0 Å². The van der Waals surface area contributed by atoms with Gasteiger partial charge in [0.2, 0.25) is 0 Å². The molecular formula is C14H18ClNOS. The van der Waals surface area contributed by atoms with Crippen molar-refractivity contribution in [2.45, 2.75) is 50.6 Å². The van der Waals surface area contributed by atoms with E-state index in [4.69, 9.17) is 11.6 Å². The topological polar surface area (TPSA) is 29.1 Å². The van der Waals surface area contributed by atoms with Crippen LogP contribution < -0.4 is 5.32 Å². The molecule has 0 spiro atoms. The average Bonchev–Trinajstić information content (AvgIpc) is 2.84. The van der Waals surface area contributed by atoms with Gasteiger partial charge in [-0.25, -0.2) is 0 Å². The van der Waals surface area contributed by atoms with Gasteiger partial charge < -0.3 is 5.32 Å². The number of rotatable bonds is 2. The van der Waals surface area contributed by atoms with Crippen LogP contribution in [0, 0.1) is 5.92 Å². The van der Waals surface area contributed by atoms with Crippen LogP contribution in [0.4, 0.5) is 0 Å². The summed E-state index contributed by atoms with van der Waals surface area (Å²) in [5, 5.41) is 3.58. The van der Waals surface area contributed by atoms with Crippen LogP contribution in [0.15, 0.2) is 12.1 Å². The van der Waals surface area contributed by atoms with Gasteiger partial charge in [0.05, 0.1) is 15.3 Å². The first kappa shape index (κ1) is 12.6. The standard InChI is InChI=1S/C14H18ClNOS/c15-13-8-7-12(18-13)14(17)11-6-5-9-3-1-2-4-10(9)16-11/h7-11,16H,1-6H2. The molecule has 2 aliphatic rings. The van der Waals surface area contributed by atoms with Crippen molar-refractivity contribution >= 4 is 28.7 Å². The summed E-state index contributed by atoms with van der Waals surface area (Å²) in [5.74, 6) is 1.03. The number of thiophene rings is 1. The van der Waals surface area contributed by atoms with Crippen molar-refractivity contribution in [3.8, 4) is 0 Å². The van der Waals surface area contributed by atoms with Crippen LogP contribution in [0.25, 0.3) is 0 Å². The summed E-state index contributed by atoms with van der Waals surface area (Å²) < 4.78 is 0.699. The van der Waals surface area contributed by atoms with E-state index in [9.17, 15) is 4.79 Å². The Balaban J connectivity index is 1.68. The van der Waals surface area contributed by atoms with Gasteiger partial charge in [-0.3, -0.25) is 4.79 Å². The normalized spacial score (nSPS) is 31.9. The van der Waals surface area contributed by atoms with Crippen molar-refractivity contribution in [3.63, 3.8) is 0 Å². The molecule has 1 aromatic rings. The third-order valence-electron chi connectivity index (χ3n) is 4.28. The zero-order valence-electron chi connectivity index (χ0n) is 10.3. The number of hydrogen-bond acceptors (Lipinski definition) is 3. The first-order valence-electron chi connectivity index (χ1n) is 6.79. The lowest BCUT2D eigenvalue weighted by molar-refractivity contribution is 0.0865. The Bertz CT molecular complexity index is 445. The van der Waals surface area contributed by atoms with E-state index in [1.54, 1.807) is 0 Å². The van der Waals surface area contributed by atoms with E-state index in [1.165, 1.54) is 43.4 Å². The molecule has 4 heteroatoms. The summed E-state index contributed by atoms with van der Waals surface area (Å²) >= 11 is 7.29. The summed E-state index contributed by atoms with van der Waals surface area (Å²) in [6, 6.07) is 4.24. The predicted octanol–water partition coefficient (Wildman–Crippen LogP) is 3.90. The Hall–Kier alpha value is -0.380. The number of fused-ring (bicyclic) bond motifs is 1. The third-order valence-corrected chi connectivity index (χ3v) is 5.53. The van der Waals surface area contributed by atoms with E-state index in [0.29, 0.717) is 10.4 Å². The van der Waals surface area contributed by atoms with Gasteiger partial charge in [0.1, 0.15) is 0 Å². The Labute approximate surface area is 117 Å². The maximum absolute atomic E-state index is 12.4. The largest absolute Gasteiger partial charge is 0.304 e. The molecule has 1 N–H and O–H groups in total. The number of carbonyl (C=O) groups is 1. The number of halogens is 1. The van der Waals surface area contributed by atoms with Crippen molar-refractivity contribution in [2.24, 2.45) is 5.92 Å². The quantitative estimate of drug-likeness (QED) is 0.834. The molecular weight excluding hydrogens is 266 g/mol. The van der Waals surface area contributed by atoms with E-state index in [0.717, 1.165) is 17.2 Å². The van der Waals surface area contributed by atoms with Crippen LogP contribution >= 0.6 is 22.9 Å². The second-order valence-electron chi connectivity index (χ2n) is 5.42. The molecule has 0 amide bonds. The van der Waals surface area contributed by atoms with E-state index < -0.39 is 0 Å². The molecule has 2 nitrogen and oxygen atoms in total. The number of hydrogen-bond donors (Lipinski definition) is 1. The summed E-state index contributed by atoms with van der Waals surface area (Å²) in [6.45, 7) is 0. The molecule has 98 valence electrons. The molecule has 0 aromatic carbocycles. The summed E-state index contributed by atoms with van der Waals surface area (Å²) in [7, 11) is 0. The Kier molecular flexibility index (Phi) is 3.73. The van der Waals surface area contributed by atoms with Crippen LogP contribution in [-0.2, 0) is 0 Å². The number of piperidine rings is 1. The molecule has 1 aliphatic carbocycles. The minimum Gasteiger partial charge on any atom is -0.304 e. The molecule has 2 fully saturated rings. The molecule has 1 aliphatic heterocycles.